The summed E-state index contributed by atoms with van der Waals surface area (Å²) in [6, 6.07) is -0.878. The molecule has 3 N–H and O–H groups in total. The average Bonchev–Trinajstić information content (AvgIpc) is 3.31. The number of nitrogens with one attached hydrogen (secondary N) is 1. The molecule has 0 rings (SSSR count). The molecule has 0 fully saturated rings. The van der Waals surface area contributed by atoms with Gasteiger partial charge in [-0.3, -0.25) is 13.8 Å². The van der Waals surface area contributed by atoms with Crippen LogP contribution in [0.3, 0.4) is 0 Å². The van der Waals surface area contributed by atoms with Crippen molar-refractivity contribution in [1.82, 2.24) is 5.32 Å². The lowest BCUT2D eigenvalue weighted by molar-refractivity contribution is -0.870. The van der Waals surface area contributed by atoms with E-state index in [0.29, 0.717) is 17.4 Å². The van der Waals surface area contributed by atoms with E-state index in [9.17, 15) is 19.4 Å². The highest BCUT2D eigenvalue weighted by Gasteiger charge is 2.27. The zero-order valence-electron chi connectivity index (χ0n) is 45.3. The Labute approximate surface area is 426 Å². The molecule has 3 atom stereocenters. The highest BCUT2D eigenvalue weighted by molar-refractivity contribution is 7.47. The number of aliphatic hydroxyl groups is 1. The van der Waals surface area contributed by atoms with E-state index in [1.54, 1.807) is 6.08 Å². The van der Waals surface area contributed by atoms with Crippen LogP contribution in [0.15, 0.2) is 97.2 Å². The Balaban J connectivity index is 4.31. The summed E-state index contributed by atoms with van der Waals surface area (Å²) in [7, 11) is 1.53. The molecule has 0 aromatic rings. The molecule has 0 aromatic heterocycles. The predicted octanol–water partition coefficient (Wildman–Crippen LogP) is 17.0. The first-order valence-corrected chi connectivity index (χ1v) is 29.6. The van der Waals surface area contributed by atoms with E-state index in [1.807, 2.05) is 27.2 Å². The third kappa shape index (κ3) is 53.1. The van der Waals surface area contributed by atoms with Gasteiger partial charge in [0.05, 0.1) is 39.9 Å². The van der Waals surface area contributed by atoms with Gasteiger partial charge in [-0.2, -0.15) is 0 Å². The average molecular weight is 985 g/mol. The molecule has 0 aliphatic heterocycles. The number of phosphoric ester groups is 1. The number of aliphatic hydroxyl groups excluding tert-OH is 1. The molecular weight excluding hydrogens is 876 g/mol. The van der Waals surface area contributed by atoms with E-state index in [-0.39, 0.29) is 19.1 Å². The Hall–Kier alpha value is -2.58. The summed E-state index contributed by atoms with van der Waals surface area (Å²) in [6.07, 6.45) is 72.2. The number of likely N-dealkylation sites (N-methyl/N-ethyl adjacent to an activating group) is 1. The standard InChI is InChI=1S/C60H107N2O6P/c1-6-8-10-12-14-16-18-20-22-24-26-28-29-30-31-32-33-34-36-38-40-42-44-46-48-50-52-54-60(64)61-58(57-68-69(65,66)67-56-55-62(3,4)5)59(63)53-51-49-47-45-43-41-39-37-35-27-25-23-21-19-17-15-13-11-9-7-2/h8,10,14,16,20,22,26,28,30-31,35,37,43,45,51,53,58-59,63H,6-7,9,11-13,15,17-19,21,23-25,27,29,32-34,36,38-42,44,46-50,52,54-57H2,1-5H3,(H-,61,64,65,66)/p+1/b10-8-,16-14-,22-20-,28-26-,31-30-,37-35+,45-43+,53-51+. The van der Waals surface area contributed by atoms with Crippen molar-refractivity contribution in [3.63, 3.8) is 0 Å². The summed E-state index contributed by atoms with van der Waals surface area (Å²) in [5.74, 6) is -0.198. The number of amides is 1. The molecule has 1 amide bonds. The van der Waals surface area contributed by atoms with Crippen molar-refractivity contribution in [2.24, 2.45) is 0 Å². The Kier molecular flexibility index (Phi) is 48.5. The van der Waals surface area contributed by atoms with Gasteiger partial charge in [-0.1, -0.05) is 227 Å². The maximum atomic E-state index is 13.0. The fourth-order valence-corrected chi connectivity index (χ4v) is 8.37. The van der Waals surface area contributed by atoms with Gasteiger partial charge in [0.25, 0.3) is 0 Å². The van der Waals surface area contributed by atoms with Crippen LogP contribution in [-0.4, -0.2) is 73.4 Å². The molecule has 0 radical (unpaired) electrons. The smallest absolute Gasteiger partial charge is 0.387 e. The van der Waals surface area contributed by atoms with Gasteiger partial charge < -0.3 is 19.8 Å². The summed E-state index contributed by atoms with van der Waals surface area (Å²) in [5, 5.41) is 13.9. The second kappa shape index (κ2) is 50.4. The fourth-order valence-electron chi connectivity index (χ4n) is 7.63. The molecule has 0 aromatic carbocycles. The lowest BCUT2D eigenvalue weighted by Gasteiger charge is -2.25. The van der Waals surface area contributed by atoms with Crippen molar-refractivity contribution in [2.75, 3.05) is 40.9 Å². The van der Waals surface area contributed by atoms with E-state index in [4.69, 9.17) is 9.05 Å². The number of carbonyl (C=O) groups is 1. The van der Waals surface area contributed by atoms with Crippen LogP contribution in [0.1, 0.15) is 226 Å². The molecule has 0 saturated carbocycles. The van der Waals surface area contributed by atoms with Crippen LogP contribution >= 0.6 is 7.82 Å². The van der Waals surface area contributed by atoms with Crippen molar-refractivity contribution >= 4 is 13.7 Å². The fraction of sp³-hybridized carbons (Fsp3) is 0.717. The van der Waals surface area contributed by atoms with Gasteiger partial charge in [0.15, 0.2) is 0 Å². The first-order chi connectivity index (χ1) is 33.5. The van der Waals surface area contributed by atoms with Gasteiger partial charge in [-0.25, -0.2) is 4.57 Å². The molecule has 0 spiro atoms. The minimum absolute atomic E-state index is 0.0486. The molecule has 69 heavy (non-hydrogen) atoms. The van der Waals surface area contributed by atoms with Gasteiger partial charge in [0.1, 0.15) is 13.2 Å². The molecule has 8 nitrogen and oxygen atoms in total. The number of carbonyl (C=O) groups excluding carboxylic acids is 1. The Morgan fingerprint density at radius 3 is 1.33 bits per heavy atom. The van der Waals surface area contributed by atoms with Crippen LogP contribution < -0.4 is 5.32 Å². The van der Waals surface area contributed by atoms with Crippen LogP contribution in [0, 0.1) is 0 Å². The molecular formula is C60H108N2O6P+. The number of quaternary nitrogens is 1. The van der Waals surface area contributed by atoms with E-state index >= 15 is 0 Å². The van der Waals surface area contributed by atoms with Crippen LogP contribution in [-0.2, 0) is 18.4 Å². The van der Waals surface area contributed by atoms with Gasteiger partial charge >= 0.3 is 7.82 Å². The number of hydrogen-bond acceptors (Lipinski definition) is 5. The lowest BCUT2D eigenvalue weighted by atomic mass is 10.0. The maximum absolute atomic E-state index is 13.0. The highest BCUT2D eigenvalue weighted by atomic mass is 31.2. The lowest BCUT2D eigenvalue weighted by Crippen LogP contribution is -2.45. The zero-order chi connectivity index (χ0) is 50.6. The number of unbranched alkanes of at least 4 members (excludes halogenated alkanes) is 23. The summed E-state index contributed by atoms with van der Waals surface area (Å²) in [6.45, 7) is 4.67. The van der Waals surface area contributed by atoms with Crippen molar-refractivity contribution in [3.05, 3.63) is 97.2 Å². The van der Waals surface area contributed by atoms with E-state index in [1.165, 1.54) is 128 Å². The maximum Gasteiger partial charge on any atom is 0.472 e. The zero-order valence-corrected chi connectivity index (χ0v) is 46.2. The Morgan fingerprint density at radius 1 is 0.507 bits per heavy atom. The number of phosphoric acid groups is 1. The molecule has 3 unspecified atom stereocenters. The molecule has 0 heterocycles. The molecule has 0 bridgehead atoms. The van der Waals surface area contributed by atoms with Crippen LogP contribution in [0.2, 0.25) is 0 Å². The number of hydrogen-bond donors (Lipinski definition) is 3. The van der Waals surface area contributed by atoms with Crippen LogP contribution in [0.5, 0.6) is 0 Å². The number of rotatable bonds is 50. The SMILES string of the molecule is CC/C=C\C/C=C\C/C=C\C/C=C\C/C=C\CCCCCCCCCCCCCC(=O)NC(COP(=O)(O)OCC[N+](C)(C)C)C(O)/C=C/CC/C=C/CC/C=C/CCCCCCCCCCCC. The third-order valence-electron chi connectivity index (χ3n) is 12.0. The van der Waals surface area contributed by atoms with E-state index in [0.717, 1.165) is 77.0 Å². The number of nitrogens with zero attached hydrogens (tertiary/aromatic N) is 1. The van der Waals surface area contributed by atoms with Crippen LogP contribution in [0.25, 0.3) is 0 Å². The largest absolute Gasteiger partial charge is 0.472 e. The quantitative estimate of drug-likeness (QED) is 0.0243. The van der Waals surface area contributed by atoms with E-state index < -0.39 is 20.0 Å². The van der Waals surface area contributed by atoms with Crippen molar-refractivity contribution < 1.29 is 32.9 Å². The molecule has 0 aliphatic rings. The molecule has 9 heteroatoms. The monoisotopic (exact) mass is 984 g/mol. The molecule has 398 valence electrons. The second-order valence-electron chi connectivity index (χ2n) is 19.9. The van der Waals surface area contributed by atoms with E-state index in [2.05, 4.69) is 104 Å². The summed E-state index contributed by atoms with van der Waals surface area (Å²) in [4.78, 5) is 23.3. The Bertz CT molecular complexity index is 1440. The molecule has 0 aliphatic carbocycles. The normalized spacial score (nSPS) is 14.7. The van der Waals surface area contributed by atoms with Gasteiger partial charge in [0.2, 0.25) is 5.91 Å². The van der Waals surface area contributed by atoms with Crippen LogP contribution in [0.4, 0.5) is 0 Å². The van der Waals surface area contributed by atoms with Crippen molar-refractivity contribution in [1.29, 1.82) is 0 Å². The minimum Gasteiger partial charge on any atom is -0.387 e. The summed E-state index contributed by atoms with van der Waals surface area (Å²) in [5.41, 5.74) is 0. The first-order valence-electron chi connectivity index (χ1n) is 28.1. The topological polar surface area (TPSA) is 105 Å². The Morgan fingerprint density at radius 2 is 0.884 bits per heavy atom. The first kappa shape index (κ1) is 66.4. The summed E-state index contributed by atoms with van der Waals surface area (Å²) >= 11 is 0. The summed E-state index contributed by atoms with van der Waals surface area (Å²) < 4.78 is 23.7. The highest BCUT2D eigenvalue weighted by Crippen LogP contribution is 2.43. The van der Waals surface area contributed by atoms with Gasteiger partial charge in [-0.15, -0.1) is 0 Å². The second-order valence-corrected chi connectivity index (χ2v) is 21.4. The van der Waals surface area contributed by atoms with Crippen molar-refractivity contribution in [2.45, 2.75) is 238 Å². The third-order valence-corrected chi connectivity index (χ3v) is 13.0. The minimum atomic E-state index is -4.36. The molecule has 0 saturated heterocycles. The van der Waals surface area contributed by atoms with Gasteiger partial charge in [0, 0.05) is 6.42 Å². The number of allylic oxidation sites excluding steroid dienone is 15. The van der Waals surface area contributed by atoms with Gasteiger partial charge in [-0.05, 0) is 89.9 Å². The van der Waals surface area contributed by atoms with Crippen molar-refractivity contribution in [3.8, 4) is 0 Å². The predicted molar refractivity (Wildman–Crippen MR) is 299 cm³/mol.